The van der Waals surface area contributed by atoms with Crippen molar-refractivity contribution in [3.05, 3.63) is 30.4 Å². The van der Waals surface area contributed by atoms with Crippen molar-refractivity contribution in [1.82, 2.24) is 19.9 Å². The minimum absolute atomic E-state index is 0.405. The topological polar surface area (TPSA) is 42.2 Å². The average Bonchev–Trinajstić information content (AvgIpc) is 2.96. The van der Waals surface area contributed by atoms with Gasteiger partial charge in [-0.3, -0.25) is 4.98 Å². The first kappa shape index (κ1) is 14.5. The van der Waals surface area contributed by atoms with E-state index in [2.05, 4.69) is 29.2 Å². The molecule has 0 radical (unpaired) electrons. The highest BCUT2D eigenvalue weighted by Gasteiger charge is 2.32. The normalized spacial score (nSPS) is 24.3. The molecule has 0 aromatic carbocycles. The largest absolute Gasteiger partial charge is 0.310 e. The summed E-state index contributed by atoms with van der Waals surface area (Å²) >= 11 is 0. The van der Waals surface area contributed by atoms with Gasteiger partial charge in [-0.05, 0) is 24.8 Å². The van der Waals surface area contributed by atoms with Crippen molar-refractivity contribution in [3.63, 3.8) is 0 Å². The lowest BCUT2D eigenvalue weighted by atomic mass is 9.72. The Bertz CT molecular complexity index is 577. The van der Waals surface area contributed by atoms with Crippen LogP contribution in [0.2, 0.25) is 0 Å². The molecule has 0 bridgehead atoms. The van der Waals surface area contributed by atoms with Crippen LogP contribution in [0.25, 0.3) is 5.52 Å². The lowest BCUT2D eigenvalue weighted by Gasteiger charge is -2.37. The molecule has 0 spiro atoms. The molecule has 1 aliphatic rings. The summed E-state index contributed by atoms with van der Waals surface area (Å²) in [4.78, 5) is 4.28. The maximum atomic E-state index is 4.50. The zero-order valence-corrected chi connectivity index (χ0v) is 13.1. The number of rotatable bonds is 5. The van der Waals surface area contributed by atoms with Crippen LogP contribution < -0.4 is 5.32 Å². The van der Waals surface area contributed by atoms with Gasteiger partial charge >= 0.3 is 0 Å². The molecule has 1 saturated carbocycles. The molecule has 4 nitrogen and oxygen atoms in total. The lowest BCUT2D eigenvalue weighted by Crippen LogP contribution is -2.34. The van der Waals surface area contributed by atoms with Crippen molar-refractivity contribution >= 4 is 5.52 Å². The third-order valence-corrected chi connectivity index (χ3v) is 5.03. The molecule has 3 atom stereocenters. The quantitative estimate of drug-likeness (QED) is 0.913. The van der Waals surface area contributed by atoms with E-state index in [1.807, 2.05) is 23.1 Å². The fourth-order valence-corrected chi connectivity index (χ4v) is 3.99. The number of hydrogen-bond acceptors (Lipinski definition) is 3. The number of fused-ring (bicyclic) bond motifs is 1. The first-order valence-electron chi connectivity index (χ1n) is 8.35. The Morgan fingerprint density at radius 2 is 2.14 bits per heavy atom. The van der Waals surface area contributed by atoms with Crippen LogP contribution in [-0.2, 0) is 0 Å². The van der Waals surface area contributed by atoms with Crippen LogP contribution in [0.4, 0.5) is 0 Å². The molecule has 114 valence electrons. The molecule has 2 heterocycles. The van der Waals surface area contributed by atoms with Gasteiger partial charge in [-0.25, -0.2) is 4.52 Å². The average molecular weight is 286 g/mol. The smallest absolute Gasteiger partial charge is 0.0892 e. The highest BCUT2D eigenvalue weighted by molar-refractivity contribution is 5.53. The van der Waals surface area contributed by atoms with E-state index in [1.54, 1.807) is 6.20 Å². The van der Waals surface area contributed by atoms with Crippen molar-refractivity contribution in [2.45, 2.75) is 52.0 Å². The minimum Gasteiger partial charge on any atom is -0.310 e. The summed E-state index contributed by atoms with van der Waals surface area (Å²) in [6.45, 7) is 5.53. The summed E-state index contributed by atoms with van der Waals surface area (Å²) in [6.07, 6.45) is 14.4. The second-order valence-corrected chi connectivity index (χ2v) is 6.16. The van der Waals surface area contributed by atoms with Crippen LogP contribution in [-0.4, -0.2) is 21.1 Å². The first-order chi connectivity index (χ1) is 10.3. The highest BCUT2D eigenvalue weighted by Crippen LogP contribution is 2.41. The van der Waals surface area contributed by atoms with Crippen molar-refractivity contribution in [3.8, 4) is 0 Å². The molecule has 0 amide bonds. The second kappa shape index (κ2) is 6.56. The van der Waals surface area contributed by atoms with Gasteiger partial charge in [0.1, 0.15) is 0 Å². The van der Waals surface area contributed by atoms with E-state index in [0.29, 0.717) is 6.04 Å². The maximum Gasteiger partial charge on any atom is 0.0892 e. The van der Waals surface area contributed by atoms with Crippen LogP contribution in [0.1, 0.15) is 57.6 Å². The number of nitrogens with one attached hydrogen (secondary N) is 1. The van der Waals surface area contributed by atoms with Gasteiger partial charge in [0, 0.05) is 24.0 Å². The fraction of sp³-hybridized carbons (Fsp3) is 0.647. The third kappa shape index (κ3) is 2.82. The van der Waals surface area contributed by atoms with Crippen LogP contribution in [0.5, 0.6) is 0 Å². The van der Waals surface area contributed by atoms with E-state index in [4.69, 9.17) is 0 Å². The monoisotopic (exact) mass is 286 g/mol. The molecule has 0 aliphatic heterocycles. The van der Waals surface area contributed by atoms with Gasteiger partial charge in [-0.1, -0.05) is 39.5 Å². The Morgan fingerprint density at radius 1 is 1.29 bits per heavy atom. The zero-order valence-electron chi connectivity index (χ0n) is 13.1. The van der Waals surface area contributed by atoms with Gasteiger partial charge in [0.05, 0.1) is 17.9 Å². The van der Waals surface area contributed by atoms with E-state index in [0.717, 1.165) is 23.9 Å². The van der Waals surface area contributed by atoms with Gasteiger partial charge in [-0.2, -0.15) is 5.10 Å². The van der Waals surface area contributed by atoms with E-state index < -0.39 is 0 Å². The zero-order chi connectivity index (χ0) is 14.7. The maximum absolute atomic E-state index is 4.50. The SMILES string of the molecule is CCNC(c1cnn2ccncc12)C1CCCCC1CC. The van der Waals surface area contributed by atoms with Gasteiger partial charge in [0.25, 0.3) is 0 Å². The second-order valence-electron chi connectivity index (χ2n) is 6.16. The first-order valence-corrected chi connectivity index (χ1v) is 8.35. The predicted molar refractivity (Wildman–Crippen MR) is 85.1 cm³/mol. The standard InChI is InChI=1S/C17H26N4/c1-3-13-7-5-6-8-14(13)17(19-4-2)15-11-20-21-10-9-18-12-16(15)21/h9-14,17,19H,3-8H2,1-2H3. The van der Waals surface area contributed by atoms with Gasteiger partial charge in [0.2, 0.25) is 0 Å². The minimum atomic E-state index is 0.405. The summed E-state index contributed by atoms with van der Waals surface area (Å²) in [5.41, 5.74) is 2.46. The van der Waals surface area contributed by atoms with Crippen LogP contribution in [0.3, 0.4) is 0 Å². The summed E-state index contributed by atoms with van der Waals surface area (Å²) in [5, 5.41) is 8.23. The summed E-state index contributed by atoms with van der Waals surface area (Å²) in [5.74, 6) is 1.55. The Morgan fingerprint density at radius 3 is 2.95 bits per heavy atom. The van der Waals surface area contributed by atoms with E-state index >= 15 is 0 Å². The fourth-order valence-electron chi connectivity index (χ4n) is 3.99. The molecule has 2 aromatic heterocycles. The van der Waals surface area contributed by atoms with Crippen LogP contribution in [0, 0.1) is 11.8 Å². The van der Waals surface area contributed by atoms with Crippen molar-refractivity contribution < 1.29 is 0 Å². The van der Waals surface area contributed by atoms with E-state index in [9.17, 15) is 0 Å². The molecular weight excluding hydrogens is 260 g/mol. The summed E-state index contributed by atoms with van der Waals surface area (Å²) < 4.78 is 1.94. The molecule has 1 aliphatic carbocycles. The third-order valence-electron chi connectivity index (χ3n) is 5.03. The van der Waals surface area contributed by atoms with Gasteiger partial charge < -0.3 is 5.32 Å². The van der Waals surface area contributed by atoms with Gasteiger partial charge in [0.15, 0.2) is 0 Å². The Kier molecular flexibility index (Phi) is 4.54. The van der Waals surface area contributed by atoms with Crippen molar-refractivity contribution in [2.75, 3.05) is 6.54 Å². The molecule has 2 aromatic rings. The van der Waals surface area contributed by atoms with Crippen molar-refractivity contribution in [1.29, 1.82) is 0 Å². The molecule has 3 rings (SSSR count). The predicted octanol–water partition coefficient (Wildman–Crippen LogP) is 3.60. The Labute approximate surface area is 127 Å². The molecule has 3 unspecified atom stereocenters. The Balaban J connectivity index is 1.96. The van der Waals surface area contributed by atoms with Gasteiger partial charge in [-0.15, -0.1) is 0 Å². The van der Waals surface area contributed by atoms with E-state index in [-0.39, 0.29) is 0 Å². The molecule has 0 saturated heterocycles. The molecule has 1 N–H and O–H groups in total. The molecule has 4 heteroatoms. The lowest BCUT2D eigenvalue weighted by molar-refractivity contribution is 0.177. The van der Waals surface area contributed by atoms with Crippen LogP contribution in [0.15, 0.2) is 24.8 Å². The summed E-state index contributed by atoms with van der Waals surface area (Å²) in [7, 11) is 0. The molecular formula is C17H26N4. The summed E-state index contributed by atoms with van der Waals surface area (Å²) in [6, 6.07) is 0.405. The van der Waals surface area contributed by atoms with Crippen molar-refractivity contribution in [2.24, 2.45) is 11.8 Å². The molecule has 1 fully saturated rings. The Hall–Kier alpha value is -1.42. The number of nitrogens with zero attached hydrogens (tertiary/aromatic N) is 3. The van der Waals surface area contributed by atoms with Crippen LogP contribution >= 0.6 is 0 Å². The molecule has 21 heavy (non-hydrogen) atoms. The number of aromatic nitrogens is 3. The van der Waals surface area contributed by atoms with E-state index in [1.165, 1.54) is 37.7 Å². The number of hydrogen-bond donors (Lipinski definition) is 1. The highest BCUT2D eigenvalue weighted by atomic mass is 15.2.